The first-order valence-electron chi connectivity index (χ1n) is 4.86. The second-order valence-electron chi connectivity index (χ2n) is 3.51. The second-order valence-corrected chi connectivity index (χ2v) is 3.51. The molecular formula is C8H18N4. The molecule has 2 fully saturated rings. The Morgan fingerprint density at radius 3 is 2.83 bits per heavy atom. The fourth-order valence-corrected chi connectivity index (χ4v) is 1.91. The van der Waals surface area contributed by atoms with Crippen LogP contribution < -0.4 is 16.0 Å². The lowest BCUT2D eigenvalue weighted by Gasteiger charge is -2.37. The highest BCUT2D eigenvalue weighted by Gasteiger charge is 2.20. The van der Waals surface area contributed by atoms with Gasteiger partial charge in [-0.25, -0.2) is 0 Å². The van der Waals surface area contributed by atoms with Crippen molar-refractivity contribution in [3.63, 3.8) is 0 Å². The number of nitrogens with one attached hydrogen (secondary N) is 3. The highest BCUT2D eigenvalue weighted by molar-refractivity contribution is 4.76. The van der Waals surface area contributed by atoms with Gasteiger partial charge in [0.25, 0.3) is 0 Å². The predicted octanol–water partition coefficient (Wildman–Crippen LogP) is -0.894. The molecule has 2 aliphatic rings. The summed E-state index contributed by atoms with van der Waals surface area (Å²) in [5.74, 6) is 0. The van der Waals surface area contributed by atoms with Crippen LogP contribution in [0.1, 0.15) is 12.8 Å². The van der Waals surface area contributed by atoms with Crippen molar-refractivity contribution in [3.8, 4) is 0 Å². The molecule has 0 radical (unpaired) electrons. The smallest absolute Gasteiger partial charge is 0.0630 e. The molecule has 0 aromatic rings. The summed E-state index contributed by atoms with van der Waals surface area (Å²) in [7, 11) is 0. The van der Waals surface area contributed by atoms with Crippen LogP contribution in [0, 0.1) is 0 Å². The summed E-state index contributed by atoms with van der Waals surface area (Å²) < 4.78 is 0. The van der Waals surface area contributed by atoms with Gasteiger partial charge in [0.15, 0.2) is 0 Å². The molecule has 0 spiro atoms. The Bertz CT molecular complexity index is 111. The van der Waals surface area contributed by atoms with Crippen LogP contribution in [-0.2, 0) is 0 Å². The van der Waals surface area contributed by atoms with Gasteiger partial charge in [0.2, 0.25) is 0 Å². The third kappa shape index (κ3) is 1.95. The Morgan fingerprint density at radius 2 is 2.17 bits per heavy atom. The summed E-state index contributed by atoms with van der Waals surface area (Å²) in [5, 5.41) is 10.2. The molecule has 0 bridgehead atoms. The third-order valence-corrected chi connectivity index (χ3v) is 2.61. The summed E-state index contributed by atoms with van der Waals surface area (Å²) in [6.07, 6.45) is 3.10. The van der Waals surface area contributed by atoms with Gasteiger partial charge in [0, 0.05) is 19.9 Å². The van der Waals surface area contributed by atoms with Crippen LogP contribution in [0.25, 0.3) is 0 Å². The van der Waals surface area contributed by atoms with E-state index in [9.17, 15) is 0 Å². The molecule has 1 atom stereocenters. The Hall–Kier alpha value is -0.160. The lowest BCUT2D eigenvalue weighted by Crippen LogP contribution is -2.57. The number of nitrogens with zero attached hydrogens (tertiary/aromatic N) is 1. The van der Waals surface area contributed by atoms with Crippen LogP contribution in [0.3, 0.4) is 0 Å². The SMILES string of the molecule is C1CNCN(C2CCNCN2)C1. The van der Waals surface area contributed by atoms with E-state index in [1.807, 2.05) is 0 Å². The van der Waals surface area contributed by atoms with Crippen LogP contribution in [0.4, 0.5) is 0 Å². The molecule has 1 unspecified atom stereocenters. The molecule has 0 aromatic carbocycles. The monoisotopic (exact) mass is 170 g/mol. The van der Waals surface area contributed by atoms with E-state index in [4.69, 9.17) is 0 Å². The largest absolute Gasteiger partial charge is 0.304 e. The van der Waals surface area contributed by atoms with Gasteiger partial charge in [-0.05, 0) is 25.9 Å². The zero-order chi connectivity index (χ0) is 8.23. The van der Waals surface area contributed by atoms with E-state index >= 15 is 0 Å². The summed E-state index contributed by atoms with van der Waals surface area (Å²) >= 11 is 0. The molecule has 0 aliphatic carbocycles. The van der Waals surface area contributed by atoms with Crippen LogP contribution in [0.5, 0.6) is 0 Å². The van der Waals surface area contributed by atoms with Crippen LogP contribution in [0.15, 0.2) is 0 Å². The molecule has 0 amide bonds. The van der Waals surface area contributed by atoms with Crippen LogP contribution in [-0.4, -0.2) is 44.0 Å². The average molecular weight is 170 g/mol. The maximum absolute atomic E-state index is 3.46. The van der Waals surface area contributed by atoms with Gasteiger partial charge in [-0.2, -0.15) is 0 Å². The van der Waals surface area contributed by atoms with Gasteiger partial charge in [0.1, 0.15) is 0 Å². The van der Waals surface area contributed by atoms with Crippen molar-refractivity contribution < 1.29 is 0 Å². The predicted molar refractivity (Wildman–Crippen MR) is 48.6 cm³/mol. The fourth-order valence-electron chi connectivity index (χ4n) is 1.91. The van der Waals surface area contributed by atoms with Crippen molar-refractivity contribution >= 4 is 0 Å². The van der Waals surface area contributed by atoms with Gasteiger partial charge in [-0.3, -0.25) is 10.2 Å². The molecule has 70 valence electrons. The molecule has 2 saturated heterocycles. The van der Waals surface area contributed by atoms with Crippen molar-refractivity contribution in [1.29, 1.82) is 0 Å². The molecule has 0 saturated carbocycles. The minimum Gasteiger partial charge on any atom is -0.304 e. The van der Waals surface area contributed by atoms with E-state index in [-0.39, 0.29) is 0 Å². The first-order valence-corrected chi connectivity index (χ1v) is 4.86. The summed E-state index contributed by atoms with van der Waals surface area (Å²) in [5.41, 5.74) is 0. The average Bonchev–Trinajstić information content (AvgIpc) is 2.21. The van der Waals surface area contributed by atoms with Crippen LogP contribution in [0.2, 0.25) is 0 Å². The number of rotatable bonds is 1. The van der Waals surface area contributed by atoms with E-state index in [1.54, 1.807) is 0 Å². The topological polar surface area (TPSA) is 39.3 Å². The van der Waals surface area contributed by atoms with Gasteiger partial charge < -0.3 is 10.6 Å². The van der Waals surface area contributed by atoms with Gasteiger partial charge in [-0.1, -0.05) is 0 Å². The van der Waals surface area contributed by atoms with E-state index < -0.39 is 0 Å². The summed E-state index contributed by atoms with van der Waals surface area (Å²) in [4.78, 5) is 2.49. The van der Waals surface area contributed by atoms with Crippen molar-refractivity contribution in [3.05, 3.63) is 0 Å². The lowest BCUT2D eigenvalue weighted by atomic mass is 10.2. The van der Waals surface area contributed by atoms with Gasteiger partial charge in [-0.15, -0.1) is 0 Å². The normalized spacial score (nSPS) is 33.5. The second kappa shape index (κ2) is 4.18. The molecule has 12 heavy (non-hydrogen) atoms. The quantitative estimate of drug-likeness (QED) is 0.477. The van der Waals surface area contributed by atoms with Crippen molar-refractivity contribution in [1.82, 2.24) is 20.9 Å². The number of hydrogen-bond acceptors (Lipinski definition) is 4. The summed E-state index contributed by atoms with van der Waals surface area (Å²) in [6.45, 7) is 5.58. The Labute approximate surface area is 73.7 Å². The maximum Gasteiger partial charge on any atom is 0.0630 e. The molecule has 2 heterocycles. The standard InChI is InChI=1S/C8H18N4/c1-3-10-7-12(5-1)8-2-4-9-6-11-8/h8-11H,1-7H2. The van der Waals surface area contributed by atoms with E-state index in [0.29, 0.717) is 6.17 Å². The minimum absolute atomic E-state index is 0.596. The lowest BCUT2D eigenvalue weighted by molar-refractivity contribution is 0.106. The molecule has 4 heteroatoms. The molecule has 4 nitrogen and oxygen atoms in total. The molecule has 0 aromatic heterocycles. The van der Waals surface area contributed by atoms with E-state index in [0.717, 1.165) is 19.9 Å². The third-order valence-electron chi connectivity index (χ3n) is 2.61. The Kier molecular flexibility index (Phi) is 2.94. The highest BCUT2D eigenvalue weighted by atomic mass is 15.4. The molecular weight excluding hydrogens is 152 g/mol. The van der Waals surface area contributed by atoms with Crippen molar-refractivity contribution in [2.24, 2.45) is 0 Å². The molecule has 2 rings (SSSR count). The van der Waals surface area contributed by atoms with Gasteiger partial charge >= 0.3 is 0 Å². The van der Waals surface area contributed by atoms with Crippen molar-refractivity contribution in [2.45, 2.75) is 19.0 Å². The minimum atomic E-state index is 0.596. The zero-order valence-corrected chi connectivity index (χ0v) is 7.47. The zero-order valence-electron chi connectivity index (χ0n) is 7.47. The first-order chi connectivity index (χ1) is 5.97. The van der Waals surface area contributed by atoms with E-state index in [2.05, 4.69) is 20.9 Å². The number of hydrogen-bond donors (Lipinski definition) is 3. The fraction of sp³-hybridized carbons (Fsp3) is 1.00. The molecule has 3 N–H and O–H groups in total. The van der Waals surface area contributed by atoms with Crippen LogP contribution >= 0.6 is 0 Å². The first kappa shape index (κ1) is 8.44. The van der Waals surface area contributed by atoms with Gasteiger partial charge in [0.05, 0.1) is 6.17 Å². The highest BCUT2D eigenvalue weighted by Crippen LogP contribution is 2.05. The van der Waals surface area contributed by atoms with E-state index in [1.165, 1.54) is 25.9 Å². The Balaban J connectivity index is 1.80. The molecule has 2 aliphatic heterocycles. The maximum atomic E-state index is 3.46. The van der Waals surface area contributed by atoms with Crippen molar-refractivity contribution in [2.75, 3.05) is 33.0 Å². The summed E-state index contributed by atoms with van der Waals surface area (Å²) in [6, 6.07) is 0. The Morgan fingerprint density at radius 1 is 1.17 bits per heavy atom.